The molecule has 0 aliphatic rings. The first-order valence-electron chi connectivity index (χ1n) is 31.5. The monoisotopic (exact) mass is 1440 g/mol. The number of benzene rings is 2. The van der Waals surface area contributed by atoms with Gasteiger partial charge in [0.2, 0.25) is 0 Å². The van der Waals surface area contributed by atoms with E-state index < -0.39 is 0 Å². The van der Waals surface area contributed by atoms with Gasteiger partial charge in [-0.05, 0) is 301 Å². The number of hydrogen-bond donors (Lipinski definition) is 0. The minimum Gasteiger partial charge on any atom is -0.254 e. The Morgan fingerprint density at radius 3 is 0.458 bits per heavy atom. The molecule has 478 valence electrons. The van der Waals surface area contributed by atoms with Crippen LogP contribution in [0.3, 0.4) is 0 Å². The smallest absolute Gasteiger partial charge is 0.254 e. The number of nitrogens with zero attached hydrogens (tertiary/aromatic N) is 14. The quantitative estimate of drug-likeness (QED) is 0.0922. The van der Waals surface area contributed by atoms with Gasteiger partial charge in [-0.15, -0.1) is 0 Å². The molecule has 96 heavy (non-hydrogen) atoms. The Labute approximate surface area is 587 Å². The topological polar surface area (TPSA) is 180 Å². The molecule has 2 aromatic carbocycles. The molecule has 0 unspecified atom stereocenters. The van der Waals surface area contributed by atoms with Crippen LogP contribution in [0.1, 0.15) is 90.1 Å². The van der Waals surface area contributed by atoms with E-state index in [1.807, 2.05) is 104 Å². The summed E-state index contributed by atoms with van der Waals surface area (Å²) < 4.78 is 0. The van der Waals surface area contributed by atoms with Crippen LogP contribution in [-0.4, -0.2) is 69.8 Å². The van der Waals surface area contributed by atoms with E-state index in [0.717, 1.165) is 157 Å². The third-order valence-electron chi connectivity index (χ3n) is 15.4. The summed E-state index contributed by atoms with van der Waals surface area (Å²) in [5, 5.41) is 3.76. The second-order valence-corrected chi connectivity index (χ2v) is 24.6. The van der Waals surface area contributed by atoms with Crippen molar-refractivity contribution in [2.75, 3.05) is 0 Å². The van der Waals surface area contributed by atoms with Crippen molar-refractivity contribution < 1.29 is 39.0 Å². The molecule has 13 aromatic heterocycles. The van der Waals surface area contributed by atoms with E-state index in [1.165, 1.54) is 44.5 Å². The Bertz CT molecular complexity index is 4370. The van der Waals surface area contributed by atoms with Gasteiger partial charge in [0.15, 0.2) is 0 Å². The zero-order valence-electron chi connectivity index (χ0n) is 57.1. The first-order valence-corrected chi connectivity index (χ1v) is 31.5. The number of fused-ring (bicyclic) bond motifs is 12. The van der Waals surface area contributed by atoms with Crippen molar-refractivity contribution in [2.24, 2.45) is 0 Å². The molecule has 0 saturated heterocycles. The van der Waals surface area contributed by atoms with Crippen molar-refractivity contribution in [3.05, 3.63) is 260 Å². The standard InChI is InChI=1S/C24H12N6.4C14H16N2.2Ru/c1-5-13-17(25-9-1)18-14(6-2-10-26-18)22-21(13)29-23-15-7-3-11-27-19(15)20-16(24(23)30-22)8-4-12-28-20;4*1-9-5-11(3)15-13(7-9)14-8-10(2)6-12(4)16-14;;/h1-12H;4*5-8H,1-4H3;;/q;;;;;2*+2. The fourth-order valence-corrected chi connectivity index (χ4v) is 12.1. The number of hydrogen-bond acceptors (Lipinski definition) is 14. The van der Waals surface area contributed by atoms with Gasteiger partial charge in [0.05, 0.1) is 89.7 Å². The first-order chi connectivity index (χ1) is 45.1. The molecule has 13 heterocycles. The number of rotatable bonds is 4. The first kappa shape index (κ1) is 70.4. The summed E-state index contributed by atoms with van der Waals surface area (Å²) >= 11 is 0. The Balaban J connectivity index is 0.000000145. The van der Waals surface area contributed by atoms with Gasteiger partial charge in [-0.3, -0.25) is 59.8 Å². The van der Waals surface area contributed by atoms with Gasteiger partial charge < -0.3 is 0 Å². The van der Waals surface area contributed by atoms with Crippen LogP contribution < -0.4 is 0 Å². The molecule has 0 spiro atoms. The van der Waals surface area contributed by atoms with E-state index in [1.54, 1.807) is 24.8 Å². The summed E-state index contributed by atoms with van der Waals surface area (Å²) in [7, 11) is 0. The summed E-state index contributed by atoms with van der Waals surface area (Å²) in [6, 6.07) is 49.0. The molecule has 0 fully saturated rings. The van der Waals surface area contributed by atoms with Gasteiger partial charge >= 0.3 is 39.0 Å². The maximum Gasteiger partial charge on any atom is 2.00 e. The Hall–Kier alpha value is -9.87. The molecule has 0 bridgehead atoms. The molecule has 0 aliphatic carbocycles. The Morgan fingerprint density at radius 2 is 0.323 bits per heavy atom. The predicted molar refractivity (Wildman–Crippen MR) is 384 cm³/mol. The molecular formula is C80H76N14Ru2+4. The van der Waals surface area contributed by atoms with Crippen molar-refractivity contribution in [3.8, 4) is 45.6 Å². The molecule has 0 radical (unpaired) electrons. The van der Waals surface area contributed by atoms with Gasteiger partial charge in [-0.2, -0.15) is 0 Å². The van der Waals surface area contributed by atoms with Crippen molar-refractivity contribution in [3.63, 3.8) is 0 Å². The predicted octanol–water partition coefficient (Wildman–Crippen LogP) is 18.5. The Morgan fingerprint density at radius 1 is 0.177 bits per heavy atom. The SMILES string of the molecule is Cc1cc(C)nc(-c2cc(C)cc(C)n2)c1.Cc1cc(C)nc(-c2cc(C)cc(C)n2)c1.Cc1cc(C)nc(-c2cc(C)cc(C)n2)c1.Cc1cc(C)nc(-c2cc(C)cc(C)n2)c1.[Ru+2].[Ru+2].c1cnc2c(c1)c1nc3c4cccnc4c4ncccc4c3nc1c1cccnc12. The largest absolute Gasteiger partial charge is 2.00 e. The molecule has 16 heteroatoms. The molecule has 14 nitrogen and oxygen atoms in total. The van der Waals surface area contributed by atoms with E-state index in [9.17, 15) is 0 Å². The van der Waals surface area contributed by atoms with Crippen molar-refractivity contribution in [1.29, 1.82) is 0 Å². The van der Waals surface area contributed by atoms with Gasteiger partial charge in [0.1, 0.15) is 0 Å². The number of aryl methyl sites for hydroxylation is 16. The van der Waals surface area contributed by atoms with Crippen LogP contribution in [0.25, 0.3) is 111 Å². The van der Waals surface area contributed by atoms with E-state index in [4.69, 9.17) is 9.97 Å². The van der Waals surface area contributed by atoms with Crippen LogP contribution >= 0.6 is 0 Å². The van der Waals surface area contributed by atoms with Crippen LogP contribution in [0.5, 0.6) is 0 Å². The van der Waals surface area contributed by atoms with Gasteiger partial charge in [0, 0.05) is 91.9 Å². The average molecular weight is 1440 g/mol. The van der Waals surface area contributed by atoms with E-state index in [2.05, 4.69) is 212 Å². The minimum absolute atomic E-state index is 0. The van der Waals surface area contributed by atoms with Crippen LogP contribution in [0.4, 0.5) is 0 Å². The molecule has 0 atom stereocenters. The fraction of sp³-hybridized carbons (Fsp3) is 0.200. The van der Waals surface area contributed by atoms with E-state index in [0.29, 0.717) is 0 Å². The molecule has 0 N–H and O–H groups in total. The fourth-order valence-electron chi connectivity index (χ4n) is 12.1. The van der Waals surface area contributed by atoms with E-state index in [-0.39, 0.29) is 39.0 Å². The van der Waals surface area contributed by atoms with Gasteiger partial charge in [-0.1, -0.05) is 0 Å². The summed E-state index contributed by atoms with van der Waals surface area (Å²) in [6.45, 7) is 32.8. The zero-order chi connectivity index (χ0) is 66.5. The molecule has 15 rings (SSSR count). The second-order valence-electron chi connectivity index (χ2n) is 24.6. The Kier molecular flexibility index (Phi) is 22.5. The van der Waals surface area contributed by atoms with Crippen LogP contribution in [0.15, 0.2) is 170 Å². The third-order valence-corrected chi connectivity index (χ3v) is 15.4. The molecule has 15 aromatic rings. The number of pyridine rings is 12. The second kappa shape index (κ2) is 30.7. The van der Waals surface area contributed by atoms with Crippen molar-refractivity contribution in [2.45, 2.75) is 111 Å². The van der Waals surface area contributed by atoms with Gasteiger partial charge in [0.25, 0.3) is 0 Å². The van der Waals surface area contributed by atoms with Crippen molar-refractivity contribution in [1.82, 2.24) is 69.8 Å². The summed E-state index contributed by atoms with van der Waals surface area (Å²) in [6.07, 6.45) is 7.15. The van der Waals surface area contributed by atoms with E-state index >= 15 is 0 Å². The minimum atomic E-state index is 0. The van der Waals surface area contributed by atoms with Gasteiger partial charge in [-0.25, -0.2) is 9.97 Å². The maximum atomic E-state index is 5.14. The summed E-state index contributed by atoms with van der Waals surface area (Å²) in [5.41, 5.74) is 32.4. The van der Waals surface area contributed by atoms with Crippen LogP contribution in [-0.2, 0) is 39.0 Å². The molecule has 0 aliphatic heterocycles. The maximum absolute atomic E-state index is 5.14. The molecule has 0 amide bonds. The summed E-state index contributed by atoms with van der Waals surface area (Å²) in [4.78, 5) is 64.9. The normalized spacial score (nSPS) is 10.8. The van der Waals surface area contributed by atoms with Crippen molar-refractivity contribution >= 4 is 65.7 Å². The third kappa shape index (κ3) is 16.8. The summed E-state index contributed by atoms with van der Waals surface area (Å²) in [5.74, 6) is 0. The molecular weight excluding hydrogens is 1360 g/mol. The van der Waals surface area contributed by atoms with Crippen LogP contribution in [0.2, 0.25) is 0 Å². The van der Waals surface area contributed by atoms with Crippen LogP contribution in [0, 0.1) is 111 Å². The average Bonchev–Trinajstić information content (AvgIpc) is 0.723. The number of aromatic nitrogens is 14. The zero-order valence-corrected chi connectivity index (χ0v) is 60.6. The molecule has 0 saturated carbocycles.